The SMILES string of the molecule is N[C@@H](CCNCc1ccc(Cl)cc1)C(=O)N1CC=CCC1. The topological polar surface area (TPSA) is 58.4 Å². The van der Waals surface area contributed by atoms with Gasteiger partial charge < -0.3 is 16.0 Å². The highest BCUT2D eigenvalue weighted by atomic mass is 35.5. The van der Waals surface area contributed by atoms with Crippen LogP contribution in [0.3, 0.4) is 0 Å². The van der Waals surface area contributed by atoms with E-state index in [1.165, 1.54) is 5.56 Å². The molecule has 2 rings (SSSR count). The summed E-state index contributed by atoms with van der Waals surface area (Å²) in [6.45, 7) is 2.94. The van der Waals surface area contributed by atoms with E-state index < -0.39 is 6.04 Å². The number of nitrogens with zero attached hydrogens (tertiary/aromatic N) is 1. The molecule has 1 aliphatic rings. The Kier molecular flexibility index (Phi) is 6.23. The second-order valence-electron chi connectivity index (χ2n) is 5.24. The largest absolute Gasteiger partial charge is 0.337 e. The molecule has 21 heavy (non-hydrogen) atoms. The van der Waals surface area contributed by atoms with Crippen molar-refractivity contribution in [3.8, 4) is 0 Å². The lowest BCUT2D eigenvalue weighted by atomic mass is 10.1. The molecule has 1 aliphatic heterocycles. The van der Waals surface area contributed by atoms with Crippen molar-refractivity contribution < 1.29 is 4.79 Å². The number of halogens is 1. The van der Waals surface area contributed by atoms with Crippen LogP contribution in [0.15, 0.2) is 36.4 Å². The molecule has 0 bridgehead atoms. The van der Waals surface area contributed by atoms with E-state index in [4.69, 9.17) is 17.3 Å². The predicted molar refractivity (Wildman–Crippen MR) is 86.1 cm³/mol. The predicted octanol–water partition coefficient (Wildman–Crippen LogP) is 1.94. The minimum Gasteiger partial charge on any atom is -0.337 e. The Balaban J connectivity index is 1.66. The molecule has 1 atom stereocenters. The summed E-state index contributed by atoms with van der Waals surface area (Å²) < 4.78 is 0. The molecule has 0 aliphatic carbocycles. The molecule has 1 amide bonds. The molecule has 0 saturated carbocycles. The van der Waals surface area contributed by atoms with Gasteiger partial charge in [-0.1, -0.05) is 35.9 Å². The van der Waals surface area contributed by atoms with Gasteiger partial charge in [-0.15, -0.1) is 0 Å². The van der Waals surface area contributed by atoms with Crippen LogP contribution in [0.4, 0.5) is 0 Å². The van der Waals surface area contributed by atoms with Gasteiger partial charge in [0.2, 0.25) is 5.91 Å². The number of hydrogen-bond donors (Lipinski definition) is 2. The van der Waals surface area contributed by atoms with Gasteiger partial charge in [-0.3, -0.25) is 4.79 Å². The number of carbonyl (C=O) groups is 1. The summed E-state index contributed by atoms with van der Waals surface area (Å²) in [6, 6.07) is 7.30. The molecule has 0 radical (unpaired) electrons. The second-order valence-corrected chi connectivity index (χ2v) is 5.68. The van der Waals surface area contributed by atoms with Crippen LogP contribution in [0.2, 0.25) is 5.02 Å². The van der Waals surface area contributed by atoms with Gasteiger partial charge in [0.1, 0.15) is 0 Å². The molecule has 0 spiro atoms. The Labute approximate surface area is 130 Å². The number of hydrogen-bond acceptors (Lipinski definition) is 3. The molecule has 0 saturated heterocycles. The molecular formula is C16H22ClN3O. The highest BCUT2D eigenvalue weighted by Gasteiger charge is 2.20. The van der Waals surface area contributed by atoms with E-state index in [1.807, 2.05) is 35.2 Å². The third kappa shape index (κ3) is 5.16. The third-order valence-corrected chi connectivity index (χ3v) is 3.81. The number of amides is 1. The molecule has 1 aromatic carbocycles. The van der Waals surface area contributed by atoms with Gasteiger partial charge in [0.15, 0.2) is 0 Å². The standard InChI is InChI=1S/C16H22ClN3O/c17-14-6-4-13(5-7-14)12-19-9-8-15(18)16(21)20-10-2-1-3-11-20/h1-2,4-7,15,19H,3,8-12,18H2/t15-/m0/s1. The Hall–Kier alpha value is -1.36. The van der Waals surface area contributed by atoms with Gasteiger partial charge in [0.05, 0.1) is 6.04 Å². The Morgan fingerprint density at radius 2 is 2.10 bits per heavy atom. The summed E-state index contributed by atoms with van der Waals surface area (Å²) in [7, 11) is 0. The first-order valence-corrected chi connectivity index (χ1v) is 7.69. The number of rotatable bonds is 6. The average molecular weight is 308 g/mol. The van der Waals surface area contributed by atoms with E-state index in [2.05, 4.69) is 11.4 Å². The van der Waals surface area contributed by atoms with E-state index in [1.54, 1.807) is 0 Å². The minimum atomic E-state index is -0.422. The van der Waals surface area contributed by atoms with Crippen molar-refractivity contribution in [3.05, 3.63) is 47.0 Å². The highest BCUT2D eigenvalue weighted by Crippen LogP contribution is 2.09. The third-order valence-electron chi connectivity index (χ3n) is 3.56. The van der Waals surface area contributed by atoms with Crippen LogP contribution in [-0.2, 0) is 11.3 Å². The molecule has 3 N–H and O–H groups in total. The average Bonchev–Trinajstić information content (AvgIpc) is 2.53. The summed E-state index contributed by atoms with van der Waals surface area (Å²) in [5.74, 6) is 0.0487. The van der Waals surface area contributed by atoms with Gasteiger partial charge in [-0.25, -0.2) is 0 Å². The quantitative estimate of drug-likeness (QED) is 0.624. The van der Waals surface area contributed by atoms with Crippen LogP contribution in [0.5, 0.6) is 0 Å². The number of benzene rings is 1. The van der Waals surface area contributed by atoms with Gasteiger partial charge in [-0.2, -0.15) is 0 Å². The Morgan fingerprint density at radius 1 is 1.33 bits per heavy atom. The van der Waals surface area contributed by atoms with Crippen molar-refractivity contribution in [2.45, 2.75) is 25.4 Å². The molecule has 0 fully saturated rings. The first-order chi connectivity index (χ1) is 10.2. The van der Waals surface area contributed by atoms with Gasteiger partial charge in [0.25, 0.3) is 0 Å². The van der Waals surface area contributed by atoms with Gasteiger partial charge >= 0.3 is 0 Å². The van der Waals surface area contributed by atoms with Crippen LogP contribution in [-0.4, -0.2) is 36.5 Å². The van der Waals surface area contributed by atoms with Crippen molar-refractivity contribution in [2.24, 2.45) is 5.73 Å². The zero-order valence-electron chi connectivity index (χ0n) is 12.1. The number of carbonyl (C=O) groups excluding carboxylic acids is 1. The van der Waals surface area contributed by atoms with Crippen molar-refractivity contribution in [1.82, 2.24) is 10.2 Å². The molecule has 0 unspecified atom stereocenters. The molecule has 1 aromatic rings. The lowest BCUT2D eigenvalue weighted by Crippen LogP contribution is -2.46. The summed E-state index contributed by atoms with van der Waals surface area (Å²) >= 11 is 5.84. The maximum atomic E-state index is 12.1. The fourth-order valence-corrected chi connectivity index (χ4v) is 2.42. The maximum Gasteiger partial charge on any atom is 0.239 e. The van der Waals surface area contributed by atoms with E-state index in [-0.39, 0.29) is 5.91 Å². The Bertz CT molecular complexity index is 487. The molecule has 5 heteroatoms. The Morgan fingerprint density at radius 3 is 2.76 bits per heavy atom. The number of nitrogens with two attached hydrogens (primary N) is 1. The summed E-state index contributed by atoms with van der Waals surface area (Å²) in [6.07, 6.45) is 5.69. The van der Waals surface area contributed by atoms with E-state index in [9.17, 15) is 4.79 Å². The fourth-order valence-electron chi connectivity index (χ4n) is 2.29. The summed E-state index contributed by atoms with van der Waals surface area (Å²) in [4.78, 5) is 13.9. The number of nitrogens with one attached hydrogen (secondary N) is 1. The first kappa shape index (κ1) is 16.0. The highest BCUT2D eigenvalue weighted by molar-refractivity contribution is 6.30. The molecule has 114 valence electrons. The molecule has 1 heterocycles. The van der Waals surface area contributed by atoms with Crippen molar-refractivity contribution in [2.75, 3.05) is 19.6 Å². The lowest BCUT2D eigenvalue weighted by molar-refractivity contribution is -0.132. The van der Waals surface area contributed by atoms with Crippen LogP contribution in [0, 0.1) is 0 Å². The van der Waals surface area contributed by atoms with Crippen molar-refractivity contribution in [3.63, 3.8) is 0 Å². The van der Waals surface area contributed by atoms with E-state index in [0.29, 0.717) is 13.0 Å². The van der Waals surface area contributed by atoms with Crippen LogP contribution >= 0.6 is 11.6 Å². The smallest absolute Gasteiger partial charge is 0.239 e. The maximum absolute atomic E-state index is 12.1. The first-order valence-electron chi connectivity index (χ1n) is 7.31. The van der Waals surface area contributed by atoms with E-state index >= 15 is 0 Å². The normalized spacial score (nSPS) is 16.0. The molecular weight excluding hydrogens is 286 g/mol. The minimum absolute atomic E-state index is 0.0487. The monoisotopic (exact) mass is 307 g/mol. The zero-order chi connectivity index (χ0) is 15.1. The van der Waals surface area contributed by atoms with Gasteiger partial charge in [0, 0.05) is 24.7 Å². The zero-order valence-corrected chi connectivity index (χ0v) is 12.9. The van der Waals surface area contributed by atoms with Crippen LogP contribution in [0.1, 0.15) is 18.4 Å². The summed E-state index contributed by atoms with van der Waals surface area (Å²) in [5, 5.41) is 4.04. The lowest BCUT2D eigenvalue weighted by Gasteiger charge is -2.26. The van der Waals surface area contributed by atoms with Gasteiger partial charge in [-0.05, 0) is 37.1 Å². The van der Waals surface area contributed by atoms with Crippen LogP contribution < -0.4 is 11.1 Å². The second kappa shape index (κ2) is 8.17. The summed E-state index contributed by atoms with van der Waals surface area (Å²) in [5.41, 5.74) is 7.14. The molecule has 0 aromatic heterocycles. The van der Waals surface area contributed by atoms with E-state index in [0.717, 1.165) is 31.1 Å². The molecule has 4 nitrogen and oxygen atoms in total. The van der Waals surface area contributed by atoms with Crippen LogP contribution in [0.25, 0.3) is 0 Å². The van der Waals surface area contributed by atoms with Crippen molar-refractivity contribution >= 4 is 17.5 Å². The fraction of sp³-hybridized carbons (Fsp3) is 0.438. The van der Waals surface area contributed by atoms with Crippen molar-refractivity contribution in [1.29, 1.82) is 0 Å².